The van der Waals surface area contributed by atoms with Gasteiger partial charge in [0, 0.05) is 6.54 Å². The van der Waals surface area contributed by atoms with Gasteiger partial charge in [0.1, 0.15) is 5.82 Å². The number of hydrogen-bond acceptors (Lipinski definition) is 2. The molecule has 3 aromatic rings. The Kier molecular flexibility index (Phi) is 8.78. The van der Waals surface area contributed by atoms with Crippen LogP contribution in [0.5, 0.6) is 0 Å². The van der Waals surface area contributed by atoms with Crippen molar-refractivity contribution in [1.82, 2.24) is 5.32 Å². The van der Waals surface area contributed by atoms with Crippen molar-refractivity contribution in [3.05, 3.63) is 90.3 Å². The maximum Gasteiger partial charge on any atom is 0.124 e. The summed E-state index contributed by atoms with van der Waals surface area (Å²) in [6, 6.07) is 23.6. The largest absolute Gasteiger partial charge is 0.316 e. The first kappa shape index (κ1) is 22.5. The third-order valence-corrected chi connectivity index (χ3v) is 4.53. The van der Waals surface area contributed by atoms with Crippen molar-refractivity contribution in [3.63, 3.8) is 0 Å². The molecule has 3 rings (SSSR count). The lowest BCUT2D eigenvalue weighted by atomic mass is 9.97. The van der Waals surface area contributed by atoms with E-state index in [4.69, 9.17) is 5.73 Å². The van der Waals surface area contributed by atoms with Gasteiger partial charge in [-0.1, -0.05) is 74.5 Å². The van der Waals surface area contributed by atoms with Crippen molar-refractivity contribution < 1.29 is 4.39 Å². The van der Waals surface area contributed by atoms with E-state index in [2.05, 4.69) is 29.6 Å². The lowest BCUT2D eigenvalue weighted by Crippen LogP contribution is -2.34. The average molecular weight is 391 g/mol. The first-order valence-corrected chi connectivity index (χ1v) is 10.2. The first-order chi connectivity index (χ1) is 14.0. The number of allylic oxidation sites excluding steroid dienone is 1. The van der Waals surface area contributed by atoms with Crippen molar-refractivity contribution >= 4 is 5.57 Å². The summed E-state index contributed by atoms with van der Waals surface area (Å²) in [6.07, 6.45) is 1.96. The number of nitrogens with two attached hydrogens (primary N) is 1. The zero-order valence-corrected chi connectivity index (χ0v) is 17.7. The Hall–Kier alpha value is -2.75. The maximum absolute atomic E-state index is 14.2. The second-order valence-corrected chi connectivity index (χ2v) is 6.76. The number of rotatable bonds is 6. The van der Waals surface area contributed by atoms with E-state index in [1.165, 1.54) is 5.56 Å². The minimum absolute atomic E-state index is 0.0692. The fourth-order valence-electron chi connectivity index (χ4n) is 2.99. The number of nitrogens with one attached hydrogen (secondary N) is 1. The van der Waals surface area contributed by atoms with Crippen LogP contribution in [0.15, 0.2) is 78.9 Å². The van der Waals surface area contributed by atoms with Gasteiger partial charge in [-0.05, 0) is 65.4 Å². The van der Waals surface area contributed by atoms with E-state index in [-0.39, 0.29) is 12.0 Å². The van der Waals surface area contributed by atoms with Gasteiger partial charge in [-0.2, -0.15) is 0 Å². The summed E-state index contributed by atoms with van der Waals surface area (Å²) in [5, 5.41) is 3.14. The standard InChI is InChI=1S/C24H25FN2.C2H6/c1-17(12-13-27-18(2)26)22-14-23(16-24(25)15-22)21-10-8-20(9-11-21)19-6-4-3-5-7-19;1-2/h3-12,14-16,18,27H,13,26H2,1-2H3;1-2H3/b17-12+;. The topological polar surface area (TPSA) is 38.0 Å². The van der Waals surface area contributed by atoms with Crippen molar-refractivity contribution in [3.8, 4) is 22.3 Å². The second-order valence-electron chi connectivity index (χ2n) is 6.76. The van der Waals surface area contributed by atoms with Crippen LogP contribution in [0.4, 0.5) is 4.39 Å². The van der Waals surface area contributed by atoms with Crippen LogP contribution in [0.3, 0.4) is 0 Å². The molecule has 0 radical (unpaired) electrons. The average Bonchev–Trinajstić information content (AvgIpc) is 2.75. The fraction of sp³-hybridized carbons (Fsp3) is 0.231. The highest BCUT2D eigenvalue weighted by molar-refractivity contribution is 5.74. The molecule has 0 heterocycles. The van der Waals surface area contributed by atoms with Crippen molar-refractivity contribution in [1.29, 1.82) is 0 Å². The van der Waals surface area contributed by atoms with Crippen molar-refractivity contribution in [2.24, 2.45) is 5.73 Å². The molecule has 3 N–H and O–H groups in total. The second kappa shape index (κ2) is 11.3. The van der Waals surface area contributed by atoms with Gasteiger partial charge in [-0.25, -0.2) is 4.39 Å². The highest BCUT2D eigenvalue weighted by Crippen LogP contribution is 2.28. The minimum Gasteiger partial charge on any atom is -0.316 e. The van der Waals surface area contributed by atoms with Crippen molar-refractivity contribution in [2.75, 3.05) is 6.54 Å². The van der Waals surface area contributed by atoms with Gasteiger partial charge in [0.15, 0.2) is 0 Å². The molecule has 0 saturated carbocycles. The molecule has 0 aliphatic heterocycles. The van der Waals surface area contributed by atoms with E-state index < -0.39 is 0 Å². The molecular weight excluding hydrogens is 359 g/mol. The Labute approximate surface area is 174 Å². The predicted octanol–water partition coefficient (Wildman–Crippen LogP) is 6.48. The molecular formula is C26H31FN2. The molecule has 0 aliphatic rings. The molecule has 0 saturated heterocycles. The van der Waals surface area contributed by atoms with Gasteiger partial charge < -0.3 is 5.73 Å². The highest BCUT2D eigenvalue weighted by Gasteiger charge is 2.06. The quantitative estimate of drug-likeness (QED) is 0.473. The Morgan fingerprint density at radius 1 is 0.897 bits per heavy atom. The lowest BCUT2D eigenvalue weighted by molar-refractivity contribution is 0.607. The lowest BCUT2D eigenvalue weighted by Gasteiger charge is -2.10. The van der Waals surface area contributed by atoms with E-state index in [1.807, 2.05) is 70.2 Å². The molecule has 2 nitrogen and oxygen atoms in total. The van der Waals surface area contributed by atoms with Crippen LogP contribution in [0.25, 0.3) is 27.8 Å². The third-order valence-electron chi connectivity index (χ3n) is 4.53. The summed E-state index contributed by atoms with van der Waals surface area (Å²) in [5.74, 6) is -0.234. The zero-order valence-electron chi connectivity index (χ0n) is 17.7. The molecule has 1 unspecified atom stereocenters. The summed E-state index contributed by atoms with van der Waals surface area (Å²) >= 11 is 0. The molecule has 1 atom stereocenters. The Balaban J connectivity index is 0.00000145. The Morgan fingerprint density at radius 3 is 2.03 bits per heavy atom. The Morgan fingerprint density at radius 2 is 1.45 bits per heavy atom. The molecule has 3 aromatic carbocycles. The Bertz CT molecular complexity index is 913. The van der Waals surface area contributed by atoms with Gasteiger partial charge in [-0.3, -0.25) is 5.32 Å². The number of benzene rings is 3. The summed E-state index contributed by atoms with van der Waals surface area (Å²) in [4.78, 5) is 0. The van der Waals surface area contributed by atoms with Crippen LogP contribution in [0.1, 0.15) is 33.3 Å². The van der Waals surface area contributed by atoms with E-state index in [0.717, 1.165) is 27.8 Å². The van der Waals surface area contributed by atoms with E-state index in [9.17, 15) is 4.39 Å². The van der Waals surface area contributed by atoms with Crippen LogP contribution in [-0.4, -0.2) is 12.7 Å². The summed E-state index contributed by atoms with van der Waals surface area (Å²) in [6.45, 7) is 8.53. The SMILES string of the molecule is C/C(=C\CNC(C)N)c1cc(F)cc(-c2ccc(-c3ccccc3)cc2)c1.CC. The maximum atomic E-state index is 14.2. The van der Waals surface area contributed by atoms with Crippen LogP contribution < -0.4 is 11.1 Å². The van der Waals surface area contributed by atoms with Gasteiger partial charge in [0.2, 0.25) is 0 Å². The number of hydrogen-bond donors (Lipinski definition) is 2. The molecule has 0 bridgehead atoms. The highest BCUT2D eigenvalue weighted by atomic mass is 19.1. The molecule has 0 aliphatic carbocycles. The van der Waals surface area contributed by atoms with E-state index in [0.29, 0.717) is 6.54 Å². The fourth-order valence-corrected chi connectivity index (χ4v) is 2.99. The molecule has 3 heteroatoms. The van der Waals surface area contributed by atoms with Crippen LogP contribution in [-0.2, 0) is 0 Å². The minimum atomic E-state index is -0.234. The normalized spacial score (nSPS) is 12.1. The van der Waals surface area contributed by atoms with Gasteiger partial charge >= 0.3 is 0 Å². The third kappa shape index (κ3) is 6.67. The molecule has 0 aromatic heterocycles. The molecule has 0 amide bonds. The summed E-state index contributed by atoms with van der Waals surface area (Å²) in [5.41, 5.74) is 11.8. The van der Waals surface area contributed by atoms with Crippen LogP contribution in [0.2, 0.25) is 0 Å². The molecule has 0 fully saturated rings. The summed E-state index contributed by atoms with van der Waals surface area (Å²) in [7, 11) is 0. The summed E-state index contributed by atoms with van der Waals surface area (Å²) < 4.78 is 14.2. The van der Waals surface area contributed by atoms with E-state index >= 15 is 0 Å². The number of halogens is 1. The van der Waals surface area contributed by atoms with Crippen LogP contribution in [0, 0.1) is 5.82 Å². The smallest absolute Gasteiger partial charge is 0.124 e. The molecule has 152 valence electrons. The van der Waals surface area contributed by atoms with Crippen LogP contribution >= 0.6 is 0 Å². The monoisotopic (exact) mass is 390 g/mol. The van der Waals surface area contributed by atoms with Gasteiger partial charge in [0.25, 0.3) is 0 Å². The van der Waals surface area contributed by atoms with Crippen molar-refractivity contribution in [2.45, 2.75) is 33.9 Å². The molecule has 0 spiro atoms. The first-order valence-electron chi connectivity index (χ1n) is 10.2. The van der Waals surface area contributed by atoms with Gasteiger partial charge in [0.05, 0.1) is 6.17 Å². The van der Waals surface area contributed by atoms with E-state index in [1.54, 1.807) is 12.1 Å². The van der Waals surface area contributed by atoms with Gasteiger partial charge in [-0.15, -0.1) is 0 Å². The predicted molar refractivity (Wildman–Crippen MR) is 124 cm³/mol. The zero-order chi connectivity index (χ0) is 21.2. The molecule has 29 heavy (non-hydrogen) atoms.